The second-order valence-electron chi connectivity index (χ2n) is 7.40. The minimum atomic E-state index is -4.40. The van der Waals surface area contributed by atoms with Gasteiger partial charge in [-0.05, 0) is 18.2 Å². The Morgan fingerprint density at radius 1 is 0.886 bits per heavy atom. The molecule has 0 atom stereocenters. The van der Waals surface area contributed by atoms with E-state index in [1.54, 1.807) is 0 Å². The molecule has 0 bridgehead atoms. The summed E-state index contributed by atoms with van der Waals surface area (Å²) in [6.45, 7) is 0. The van der Waals surface area contributed by atoms with Gasteiger partial charge in [-0.1, -0.05) is 66.7 Å². The number of hydrogen-bond acceptors (Lipinski definition) is 7. The molecule has 5 aromatic rings. The molecule has 0 aliphatic heterocycles. The molecule has 9 nitrogen and oxygen atoms in total. The first-order chi connectivity index (χ1) is 16.9. The normalized spacial score (nSPS) is 11.8. The van der Waals surface area contributed by atoms with Crippen LogP contribution in [0.15, 0.2) is 110 Å². The Morgan fingerprint density at radius 3 is 2.26 bits per heavy atom. The van der Waals surface area contributed by atoms with Crippen molar-refractivity contribution in [3.05, 3.63) is 101 Å². The predicted molar refractivity (Wildman–Crippen MR) is 133 cm³/mol. The summed E-state index contributed by atoms with van der Waals surface area (Å²) in [5.74, 6) is 0. The molecule has 2 heterocycles. The van der Waals surface area contributed by atoms with Crippen LogP contribution in [0.3, 0.4) is 0 Å². The van der Waals surface area contributed by atoms with Crippen molar-refractivity contribution >= 4 is 32.8 Å². The van der Waals surface area contributed by atoms with Crippen LogP contribution in [0.5, 0.6) is 0 Å². The van der Waals surface area contributed by atoms with Crippen LogP contribution in [0.2, 0.25) is 0 Å². The van der Waals surface area contributed by atoms with Crippen LogP contribution in [-0.4, -0.2) is 27.7 Å². The van der Waals surface area contributed by atoms with Crippen molar-refractivity contribution in [2.24, 2.45) is 10.2 Å². The van der Waals surface area contributed by atoms with Crippen molar-refractivity contribution < 1.29 is 13.0 Å². The number of thiazole rings is 1. The monoisotopic (exact) mass is 503 g/mol. The van der Waals surface area contributed by atoms with Crippen LogP contribution in [0.1, 0.15) is 0 Å². The Labute approximate surface area is 203 Å². The maximum Gasteiger partial charge on any atom is 0.301 e. The predicted octanol–water partition coefficient (Wildman–Crippen LogP) is 5.62. The summed E-state index contributed by atoms with van der Waals surface area (Å²) in [5, 5.41) is 13.6. The molecule has 174 valence electrons. The number of nitrogens with zero attached hydrogens (tertiary/aromatic N) is 4. The number of aromatic nitrogens is 3. The van der Waals surface area contributed by atoms with Gasteiger partial charge in [0.2, 0.25) is 5.13 Å². The third-order valence-electron chi connectivity index (χ3n) is 5.06. The van der Waals surface area contributed by atoms with E-state index in [9.17, 15) is 17.8 Å². The Kier molecular flexibility index (Phi) is 5.95. The number of nitrogens with one attached hydrogen (secondary N) is 1. The number of aromatic amines is 1. The Hall–Kier alpha value is -4.19. The summed E-state index contributed by atoms with van der Waals surface area (Å²) in [4.78, 5) is 17.6. The van der Waals surface area contributed by atoms with E-state index in [0.29, 0.717) is 16.4 Å². The van der Waals surface area contributed by atoms with Crippen LogP contribution < -0.4 is 5.56 Å². The second kappa shape index (κ2) is 9.22. The third-order valence-corrected chi connectivity index (χ3v) is 6.74. The van der Waals surface area contributed by atoms with E-state index in [4.69, 9.17) is 0 Å². The first-order valence-electron chi connectivity index (χ1n) is 10.3. The molecule has 0 aliphatic carbocycles. The van der Waals surface area contributed by atoms with E-state index in [1.165, 1.54) is 40.3 Å². The van der Waals surface area contributed by atoms with Crippen LogP contribution in [-0.2, 0) is 10.1 Å². The molecule has 2 N–H and O–H groups in total. The van der Waals surface area contributed by atoms with Crippen molar-refractivity contribution in [2.45, 2.75) is 4.90 Å². The third kappa shape index (κ3) is 4.73. The van der Waals surface area contributed by atoms with Gasteiger partial charge in [0.1, 0.15) is 0 Å². The topological polar surface area (TPSA) is 130 Å². The highest BCUT2D eigenvalue weighted by Gasteiger charge is 2.19. The van der Waals surface area contributed by atoms with Crippen LogP contribution in [0, 0.1) is 0 Å². The molecular formula is C24H17N5O4S2. The zero-order chi connectivity index (χ0) is 24.4. The summed E-state index contributed by atoms with van der Waals surface area (Å²) in [6.07, 6.45) is 0. The lowest BCUT2D eigenvalue weighted by Gasteiger charge is -1.99. The first-order valence-corrected chi connectivity index (χ1v) is 12.6. The van der Waals surface area contributed by atoms with Gasteiger partial charge in [-0.3, -0.25) is 14.4 Å². The summed E-state index contributed by atoms with van der Waals surface area (Å²) in [5.41, 5.74) is 2.53. The van der Waals surface area contributed by atoms with Gasteiger partial charge in [0.25, 0.3) is 10.1 Å². The van der Waals surface area contributed by atoms with Crippen LogP contribution >= 0.6 is 11.3 Å². The summed E-state index contributed by atoms with van der Waals surface area (Å²) >= 11 is 1.30. The Bertz CT molecular complexity index is 1690. The largest absolute Gasteiger partial charge is 0.301 e. The lowest BCUT2D eigenvalue weighted by Crippen LogP contribution is -2.13. The van der Waals surface area contributed by atoms with Gasteiger partial charge in [0.15, 0.2) is 5.69 Å². The summed E-state index contributed by atoms with van der Waals surface area (Å²) in [7, 11) is -4.40. The lowest BCUT2D eigenvalue weighted by atomic mass is 10.1. The molecular weight excluding hydrogens is 486 g/mol. The van der Waals surface area contributed by atoms with Gasteiger partial charge in [-0.15, -0.1) is 16.5 Å². The maximum absolute atomic E-state index is 13.4. The molecule has 0 unspecified atom stereocenters. The van der Waals surface area contributed by atoms with E-state index >= 15 is 0 Å². The number of benzene rings is 3. The minimum Gasteiger partial charge on any atom is -0.286 e. The van der Waals surface area contributed by atoms with Gasteiger partial charge < -0.3 is 0 Å². The zero-order valence-electron chi connectivity index (χ0n) is 17.9. The SMILES string of the molecule is O=c1c(N=Nc2cccc(S(=O)(=O)O)c2)c(-c2ccccc2)[nH]n1-c1nc(-c2ccccc2)cs1. The fourth-order valence-electron chi connectivity index (χ4n) is 3.38. The van der Waals surface area contributed by atoms with Crippen LogP contribution in [0.4, 0.5) is 11.4 Å². The molecule has 0 saturated carbocycles. The maximum atomic E-state index is 13.4. The molecule has 35 heavy (non-hydrogen) atoms. The fraction of sp³-hybridized carbons (Fsp3) is 0. The second-order valence-corrected chi connectivity index (χ2v) is 9.65. The van der Waals surface area contributed by atoms with E-state index < -0.39 is 15.7 Å². The molecule has 0 spiro atoms. The Morgan fingerprint density at radius 2 is 1.57 bits per heavy atom. The highest BCUT2D eigenvalue weighted by Crippen LogP contribution is 2.30. The van der Waals surface area contributed by atoms with Crippen LogP contribution in [0.25, 0.3) is 27.6 Å². The minimum absolute atomic E-state index is 0.0323. The Balaban J connectivity index is 1.60. The van der Waals surface area contributed by atoms with Crippen molar-refractivity contribution in [1.29, 1.82) is 0 Å². The molecule has 0 aliphatic rings. The van der Waals surface area contributed by atoms with Crippen molar-refractivity contribution in [2.75, 3.05) is 0 Å². The lowest BCUT2D eigenvalue weighted by molar-refractivity contribution is 0.483. The van der Waals surface area contributed by atoms with Gasteiger partial charge >= 0.3 is 5.56 Å². The fourth-order valence-corrected chi connectivity index (χ4v) is 4.70. The van der Waals surface area contributed by atoms with Gasteiger partial charge in [0, 0.05) is 16.5 Å². The number of hydrogen-bond donors (Lipinski definition) is 2. The highest BCUT2D eigenvalue weighted by molar-refractivity contribution is 7.85. The van der Waals surface area contributed by atoms with Crippen molar-refractivity contribution in [3.8, 4) is 27.6 Å². The summed E-state index contributed by atoms with van der Waals surface area (Å²) in [6, 6.07) is 24.1. The van der Waals surface area contributed by atoms with E-state index in [-0.39, 0.29) is 16.3 Å². The number of azo groups is 1. The van der Waals surface area contributed by atoms with E-state index in [0.717, 1.165) is 11.3 Å². The highest BCUT2D eigenvalue weighted by atomic mass is 32.2. The van der Waals surface area contributed by atoms with Gasteiger partial charge in [-0.25, -0.2) is 4.98 Å². The average Bonchev–Trinajstić information content (AvgIpc) is 3.48. The summed E-state index contributed by atoms with van der Waals surface area (Å²) < 4.78 is 33.5. The molecule has 3 aromatic carbocycles. The standard InChI is InChI=1S/C24H17N5O4S2/c30-23-22(27-26-18-12-7-13-19(14-18)35(31,32)33)21(17-10-5-2-6-11-17)28-29(23)24-25-20(15-34-24)16-8-3-1-4-9-16/h1-15,28H,(H,31,32,33). The number of rotatable bonds is 6. The zero-order valence-corrected chi connectivity index (χ0v) is 19.6. The van der Waals surface area contributed by atoms with E-state index in [2.05, 4.69) is 20.3 Å². The van der Waals surface area contributed by atoms with Crippen molar-refractivity contribution in [1.82, 2.24) is 14.8 Å². The molecule has 0 amide bonds. The molecule has 0 radical (unpaired) electrons. The molecule has 0 fully saturated rings. The first kappa shape index (κ1) is 22.6. The number of H-pyrrole nitrogens is 1. The molecule has 5 rings (SSSR count). The molecule has 11 heteroatoms. The smallest absolute Gasteiger partial charge is 0.286 e. The molecule has 0 saturated heterocycles. The van der Waals surface area contributed by atoms with Gasteiger partial charge in [-0.2, -0.15) is 18.2 Å². The average molecular weight is 504 g/mol. The van der Waals surface area contributed by atoms with Crippen molar-refractivity contribution in [3.63, 3.8) is 0 Å². The quantitative estimate of drug-likeness (QED) is 0.229. The van der Waals surface area contributed by atoms with Gasteiger partial charge in [0.05, 0.1) is 22.0 Å². The van der Waals surface area contributed by atoms with E-state index in [1.807, 2.05) is 66.0 Å². The molecule has 2 aromatic heterocycles.